The maximum atomic E-state index is 10.1. The van der Waals surface area contributed by atoms with Crippen molar-refractivity contribution >= 4 is 0 Å². The predicted octanol–water partition coefficient (Wildman–Crippen LogP) is 2.68. The van der Waals surface area contributed by atoms with E-state index >= 15 is 0 Å². The molecular weight excluding hydrogens is 318 g/mol. The number of rotatable bonds is 9. The van der Waals surface area contributed by atoms with Gasteiger partial charge in [-0.2, -0.15) is 0 Å². The third kappa shape index (κ3) is 7.32. The van der Waals surface area contributed by atoms with E-state index in [1.807, 2.05) is 12.1 Å². The molecule has 1 aromatic rings. The number of nitrogens with zero attached hydrogens (tertiary/aromatic N) is 1. The third-order valence-corrected chi connectivity index (χ3v) is 4.32. The normalized spacial score (nSPS) is 23.0. The number of hydrogen-bond donors (Lipinski definition) is 1. The number of β-amino-alcohol motifs (C(OH)–C–C–N with tert-alkyl or cyclic N) is 1. The van der Waals surface area contributed by atoms with Crippen molar-refractivity contribution in [2.24, 2.45) is 0 Å². The summed E-state index contributed by atoms with van der Waals surface area (Å²) in [6.07, 6.45) is -0.0532. The standard InChI is InChI=1S/C20H33NO4/c1-15(2)18-5-7-20(8-6-18)24-10-9-23-14-19(22)13-21-11-16(3)25-17(4)12-21/h5-8,15-17,19,22H,9-14H2,1-4H3. The Morgan fingerprint density at radius 1 is 1.12 bits per heavy atom. The molecule has 25 heavy (non-hydrogen) atoms. The molecule has 1 fully saturated rings. The van der Waals surface area contributed by atoms with Gasteiger partial charge in [0.25, 0.3) is 0 Å². The molecule has 1 saturated heterocycles. The first-order valence-corrected chi connectivity index (χ1v) is 9.30. The first kappa shape index (κ1) is 20.2. The number of ether oxygens (including phenoxy) is 3. The van der Waals surface area contributed by atoms with E-state index in [1.165, 1.54) is 5.56 Å². The molecule has 3 unspecified atom stereocenters. The van der Waals surface area contributed by atoms with Crippen LogP contribution in [0.3, 0.4) is 0 Å². The lowest BCUT2D eigenvalue weighted by Crippen LogP contribution is -2.48. The Labute approximate surface area is 151 Å². The first-order chi connectivity index (χ1) is 11.9. The zero-order valence-corrected chi connectivity index (χ0v) is 16.0. The topological polar surface area (TPSA) is 51.2 Å². The average Bonchev–Trinajstić information content (AvgIpc) is 2.54. The van der Waals surface area contributed by atoms with Crippen LogP contribution in [-0.4, -0.2) is 67.8 Å². The number of morpholine rings is 1. The van der Waals surface area contributed by atoms with E-state index in [-0.39, 0.29) is 12.2 Å². The molecule has 0 spiro atoms. The fourth-order valence-electron chi connectivity index (χ4n) is 3.17. The van der Waals surface area contributed by atoms with E-state index in [2.05, 4.69) is 44.7 Å². The molecule has 1 aliphatic rings. The predicted molar refractivity (Wildman–Crippen MR) is 99.3 cm³/mol. The van der Waals surface area contributed by atoms with Gasteiger partial charge in [0.2, 0.25) is 0 Å². The number of benzene rings is 1. The van der Waals surface area contributed by atoms with Crippen LogP contribution in [0.5, 0.6) is 5.75 Å². The van der Waals surface area contributed by atoms with E-state index in [0.717, 1.165) is 18.8 Å². The zero-order valence-electron chi connectivity index (χ0n) is 16.0. The Bertz CT molecular complexity index is 481. The van der Waals surface area contributed by atoms with Crippen molar-refractivity contribution in [1.82, 2.24) is 4.90 Å². The lowest BCUT2D eigenvalue weighted by atomic mass is 10.0. The zero-order chi connectivity index (χ0) is 18.2. The van der Waals surface area contributed by atoms with Gasteiger partial charge in [-0.05, 0) is 37.5 Å². The van der Waals surface area contributed by atoms with E-state index < -0.39 is 6.10 Å². The Kier molecular flexibility index (Phi) is 8.16. The maximum absolute atomic E-state index is 10.1. The van der Waals surface area contributed by atoms with Crippen LogP contribution in [0, 0.1) is 0 Å². The van der Waals surface area contributed by atoms with Gasteiger partial charge in [-0.15, -0.1) is 0 Å². The van der Waals surface area contributed by atoms with Gasteiger partial charge in [0.05, 0.1) is 31.5 Å². The van der Waals surface area contributed by atoms with Crippen molar-refractivity contribution in [2.75, 3.05) is 39.5 Å². The minimum Gasteiger partial charge on any atom is -0.491 e. The summed E-state index contributed by atoms with van der Waals surface area (Å²) in [7, 11) is 0. The monoisotopic (exact) mass is 351 g/mol. The molecule has 1 aromatic carbocycles. The molecule has 2 rings (SSSR count). The van der Waals surface area contributed by atoms with Crippen molar-refractivity contribution < 1.29 is 19.3 Å². The summed E-state index contributed by atoms with van der Waals surface area (Å²) in [5.41, 5.74) is 1.30. The summed E-state index contributed by atoms with van der Waals surface area (Å²) in [5, 5.41) is 10.1. The molecule has 0 saturated carbocycles. The van der Waals surface area contributed by atoms with Crippen molar-refractivity contribution in [2.45, 2.75) is 51.9 Å². The van der Waals surface area contributed by atoms with Crippen molar-refractivity contribution in [1.29, 1.82) is 0 Å². The Morgan fingerprint density at radius 2 is 1.76 bits per heavy atom. The Hall–Kier alpha value is -1.14. The van der Waals surface area contributed by atoms with E-state index in [1.54, 1.807) is 0 Å². The van der Waals surface area contributed by atoms with Crippen LogP contribution in [0.15, 0.2) is 24.3 Å². The summed E-state index contributed by atoms with van der Waals surface area (Å²) in [5.74, 6) is 1.38. The molecule has 0 aliphatic carbocycles. The molecule has 142 valence electrons. The van der Waals surface area contributed by atoms with E-state index in [4.69, 9.17) is 14.2 Å². The quantitative estimate of drug-likeness (QED) is 0.693. The summed E-state index contributed by atoms with van der Waals surface area (Å²) < 4.78 is 16.9. The molecule has 1 heterocycles. The lowest BCUT2D eigenvalue weighted by Gasteiger charge is -2.36. The highest BCUT2D eigenvalue weighted by molar-refractivity contribution is 5.28. The van der Waals surface area contributed by atoms with Crippen LogP contribution < -0.4 is 4.74 Å². The molecule has 5 nitrogen and oxygen atoms in total. The van der Waals surface area contributed by atoms with Crippen LogP contribution in [0.25, 0.3) is 0 Å². The van der Waals surface area contributed by atoms with Crippen LogP contribution in [0.2, 0.25) is 0 Å². The van der Waals surface area contributed by atoms with Crippen molar-refractivity contribution in [3.05, 3.63) is 29.8 Å². The molecule has 0 amide bonds. The van der Waals surface area contributed by atoms with Gasteiger partial charge in [-0.1, -0.05) is 26.0 Å². The first-order valence-electron chi connectivity index (χ1n) is 9.30. The third-order valence-electron chi connectivity index (χ3n) is 4.32. The number of hydrogen-bond acceptors (Lipinski definition) is 5. The molecule has 0 radical (unpaired) electrons. The van der Waals surface area contributed by atoms with Gasteiger partial charge in [-0.3, -0.25) is 4.90 Å². The van der Waals surface area contributed by atoms with Gasteiger partial charge in [0.15, 0.2) is 0 Å². The molecule has 1 aliphatic heterocycles. The Morgan fingerprint density at radius 3 is 2.36 bits per heavy atom. The minimum atomic E-state index is -0.483. The molecule has 1 N–H and O–H groups in total. The van der Waals surface area contributed by atoms with E-state index in [0.29, 0.717) is 32.3 Å². The number of aliphatic hydroxyl groups is 1. The number of aliphatic hydroxyl groups excluding tert-OH is 1. The van der Waals surface area contributed by atoms with Crippen molar-refractivity contribution in [3.8, 4) is 5.75 Å². The fraction of sp³-hybridized carbons (Fsp3) is 0.700. The highest BCUT2D eigenvalue weighted by Gasteiger charge is 2.23. The molecule has 5 heteroatoms. The van der Waals surface area contributed by atoms with Gasteiger partial charge < -0.3 is 19.3 Å². The van der Waals surface area contributed by atoms with Gasteiger partial charge >= 0.3 is 0 Å². The largest absolute Gasteiger partial charge is 0.491 e. The summed E-state index contributed by atoms with van der Waals surface area (Å²) in [6, 6.07) is 8.17. The molecule has 0 bridgehead atoms. The summed E-state index contributed by atoms with van der Waals surface area (Å²) in [6.45, 7) is 12.1. The van der Waals surface area contributed by atoms with Gasteiger partial charge in [0, 0.05) is 19.6 Å². The van der Waals surface area contributed by atoms with Crippen LogP contribution >= 0.6 is 0 Å². The second-order valence-electron chi connectivity index (χ2n) is 7.28. The SMILES string of the molecule is CC1CN(CC(O)COCCOc2ccc(C(C)C)cc2)CC(C)O1. The van der Waals surface area contributed by atoms with Gasteiger partial charge in [-0.25, -0.2) is 0 Å². The van der Waals surface area contributed by atoms with Crippen LogP contribution in [0.4, 0.5) is 0 Å². The summed E-state index contributed by atoms with van der Waals surface area (Å²) >= 11 is 0. The summed E-state index contributed by atoms with van der Waals surface area (Å²) in [4.78, 5) is 2.24. The highest BCUT2D eigenvalue weighted by atomic mass is 16.5. The second-order valence-corrected chi connectivity index (χ2v) is 7.28. The smallest absolute Gasteiger partial charge is 0.119 e. The average molecular weight is 351 g/mol. The molecule has 0 aromatic heterocycles. The molecular formula is C20H33NO4. The van der Waals surface area contributed by atoms with Crippen molar-refractivity contribution in [3.63, 3.8) is 0 Å². The fourth-order valence-corrected chi connectivity index (χ4v) is 3.17. The molecule has 3 atom stereocenters. The van der Waals surface area contributed by atoms with Gasteiger partial charge in [0.1, 0.15) is 12.4 Å². The second kappa shape index (κ2) is 10.1. The highest BCUT2D eigenvalue weighted by Crippen LogP contribution is 2.18. The van der Waals surface area contributed by atoms with Crippen LogP contribution in [-0.2, 0) is 9.47 Å². The van der Waals surface area contributed by atoms with E-state index in [9.17, 15) is 5.11 Å². The Balaban J connectivity index is 1.57. The maximum Gasteiger partial charge on any atom is 0.119 e. The van der Waals surface area contributed by atoms with Crippen LogP contribution in [0.1, 0.15) is 39.2 Å². The lowest BCUT2D eigenvalue weighted by molar-refractivity contribution is -0.0824. The minimum absolute atomic E-state index is 0.215.